The first-order valence-electron chi connectivity index (χ1n) is 7.61. The van der Waals surface area contributed by atoms with Crippen LogP contribution in [0.3, 0.4) is 0 Å². The first-order chi connectivity index (χ1) is 11.7. The van der Waals surface area contributed by atoms with Crippen molar-refractivity contribution in [2.24, 2.45) is 0 Å². The minimum atomic E-state index is 0.465. The number of aryl methyl sites for hydroxylation is 1. The van der Waals surface area contributed by atoms with Crippen LogP contribution in [0.1, 0.15) is 11.5 Å². The van der Waals surface area contributed by atoms with E-state index in [1.807, 2.05) is 61.5 Å². The summed E-state index contributed by atoms with van der Waals surface area (Å²) in [6, 6.07) is 17.5. The second-order valence-corrected chi connectivity index (χ2v) is 5.85. The molecule has 0 aliphatic carbocycles. The number of aromatic nitrogens is 3. The molecular formula is C18H15ClN4O. The van der Waals surface area contributed by atoms with E-state index in [4.69, 9.17) is 16.0 Å². The van der Waals surface area contributed by atoms with Crippen LogP contribution in [0.15, 0.2) is 59.0 Å². The fraction of sp³-hybridized carbons (Fsp3) is 0.111. The number of nitrogens with one attached hydrogen (secondary N) is 1. The molecule has 0 unspecified atom stereocenters. The van der Waals surface area contributed by atoms with E-state index in [1.54, 1.807) is 4.52 Å². The van der Waals surface area contributed by atoms with Gasteiger partial charge in [-0.25, -0.2) is 0 Å². The Kier molecular flexibility index (Phi) is 3.70. The smallest absolute Gasteiger partial charge is 0.325 e. The standard InChI is InChI=1S/C18H15ClN4O/c1-12-16(11-20-13-7-3-2-4-8-13)24-18-21-17(22-23(12)18)14-9-5-6-10-15(14)19/h2-10,20H,11H2,1H3. The molecule has 5 nitrogen and oxygen atoms in total. The number of para-hydroxylation sites is 1. The van der Waals surface area contributed by atoms with Gasteiger partial charge < -0.3 is 9.73 Å². The van der Waals surface area contributed by atoms with Crippen molar-refractivity contribution in [2.45, 2.75) is 13.5 Å². The number of hydrogen-bond acceptors (Lipinski definition) is 4. The van der Waals surface area contributed by atoms with E-state index >= 15 is 0 Å². The van der Waals surface area contributed by atoms with Crippen molar-refractivity contribution in [2.75, 3.05) is 5.32 Å². The second-order valence-electron chi connectivity index (χ2n) is 5.44. The summed E-state index contributed by atoms with van der Waals surface area (Å²) in [5.74, 6) is 1.83. The number of halogens is 1. The first-order valence-corrected chi connectivity index (χ1v) is 7.99. The van der Waals surface area contributed by atoms with Crippen LogP contribution in [0, 0.1) is 6.92 Å². The highest BCUT2D eigenvalue weighted by Crippen LogP contribution is 2.26. The first kappa shape index (κ1) is 14.8. The average Bonchev–Trinajstić information content (AvgIpc) is 3.14. The molecule has 2 aromatic heterocycles. The van der Waals surface area contributed by atoms with Gasteiger partial charge in [-0.1, -0.05) is 41.9 Å². The summed E-state index contributed by atoms with van der Waals surface area (Å²) in [7, 11) is 0. The molecular weight excluding hydrogens is 324 g/mol. The molecule has 0 atom stereocenters. The highest BCUT2D eigenvalue weighted by atomic mass is 35.5. The van der Waals surface area contributed by atoms with Gasteiger partial charge in [0.1, 0.15) is 5.76 Å². The molecule has 0 spiro atoms. The zero-order valence-corrected chi connectivity index (χ0v) is 13.8. The molecule has 0 saturated carbocycles. The highest BCUT2D eigenvalue weighted by Gasteiger charge is 2.17. The van der Waals surface area contributed by atoms with Gasteiger partial charge in [-0.15, -0.1) is 5.10 Å². The number of fused-ring (bicyclic) bond motifs is 1. The Labute approximate surface area is 143 Å². The molecule has 24 heavy (non-hydrogen) atoms. The van der Waals surface area contributed by atoms with Gasteiger partial charge in [0.15, 0.2) is 5.82 Å². The number of oxazole rings is 1. The molecule has 0 bridgehead atoms. The summed E-state index contributed by atoms with van der Waals surface area (Å²) in [4.78, 5) is 4.45. The van der Waals surface area contributed by atoms with Crippen LogP contribution >= 0.6 is 11.6 Å². The molecule has 1 N–H and O–H groups in total. The predicted molar refractivity (Wildman–Crippen MR) is 94.2 cm³/mol. The number of nitrogens with zero attached hydrogens (tertiary/aromatic N) is 3. The Balaban J connectivity index is 1.63. The molecule has 120 valence electrons. The lowest BCUT2D eigenvalue weighted by Crippen LogP contribution is -2.00. The topological polar surface area (TPSA) is 55.4 Å². The van der Waals surface area contributed by atoms with Crippen LogP contribution in [0.2, 0.25) is 5.02 Å². The summed E-state index contributed by atoms with van der Waals surface area (Å²) in [6.07, 6.45) is 0. The molecule has 2 heterocycles. The molecule has 0 radical (unpaired) electrons. The predicted octanol–water partition coefficient (Wildman–Crippen LogP) is 4.56. The molecule has 0 fully saturated rings. The van der Waals surface area contributed by atoms with Crippen molar-refractivity contribution in [1.82, 2.24) is 14.6 Å². The van der Waals surface area contributed by atoms with Gasteiger partial charge in [-0.2, -0.15) is 9.50 Å². The summed E-state index contributed by atoms with van der Waals surface area (Å²) >= 11 is 6.21. The van der Waals surface area contributed by atoms with E-state index in [0.717, 1.165) is 22.7 Å². The van der Waals surface area contributed by atoms with Crippen LogP contribution in [0.25, 0.3) is 17.2 Å². The molecule has 0 saturated heterocycles. The zero-order valence-electron chi connectivity index (χ0n) is 13.0. The minimum Gasteiger partial charge on any atom is -0.425 e. The van der Waals surface area contributed by atoms with Crippen molar-refractivity contribution in [3.63, 3.8) is 0 Å². The van der Waals surface area contributed by atoms with E-state index in [2.05, 4.69) is 15.4 Å². The Bertz CT molecular complexity index is 991. The molecule has 0 amide bonds. The number of anilines is 1. The largest absolute Gasteiger partial charge is 0.425 e. The third-order valence-electron chi connectivity index (χ3n) is 3.85. The van der Waals surface area contributed by atoms with Crippen LogP contribution < -0.4 is 5.32 Å². The van der Waals surface area contributed by atoms with Gasteiger partial charge in [0.2, 0.25) is 0 Å². The third kappa shape index (κ3) is 2.63. The van der Waals surface area contributed by atoms with Crippen LogP contribution in [0.4, 0.5) is 5.69 Å². The molecule has 0 aliphatic rings. The molecule has 2 aromatic carbocycles. The normalized spacial score (nSPS) is 11.1. The fourth-order valence-corrected chi connectivity index (χ4v) is 2.76. The second kappa shape index (κ2) is 6.02. The van der Waals surface area contributed by atoms with Gasteiger partial charge in [-0.05, 0) is 31.2 Å². The summed E-state index contributed by atoms with van der Waals surface area (Å²) in [5, 5.41) is 8.46. The number of hydrogen-bond donors (Lipinski definition) is 1. The fourth-order valence-electron chi connectivity index (χ4n) is 2.54. The van der Waals surface area contributed by atoms with Gasteiger partial charge >= 0.3 is 5.84 Å². The highest BCUT2D eigenvalue weighted by molar-refractivity contribution is 6.33. The maximum Gasteiger partial charge on any atom is 0.325 e. The molecule has 0 aliphatic heterocycles. The van der Waals surface area contributed by atoms with E-state index in [9.17, 15) is 0 Å². The van der Waals surface area contributed by atoms with Gasteiger partial charge in [0, 0.05) is 11.3 Å². The molecule has 4 aromatic rings. The van der Waals surface area contributed by atoms with E-state index in [1.165, 1.54) is 0 Å². The average molecular weight is 339 g/mol. The lowest BCUT2D eigenvalue weighted by molar-refractivity contribution is 0.543. The Morgan fingerprint density at radius 1 is 1.08 bits per heavy atom. The summed E-state index contributed by atoms with van der Waals surface area (Å²) < 4.78 is 7.56. The van der Waals surface area contributed by atoms with E-state index in [0.29, 0.717) is 23.2 Å². The van der Waals surface area contributed by atoms with Gasteiger partial charge in [0.05, 0.1) is 17.3 Å². The number of benzene rings is 2. The van der Waals surface area contributed by atoms with E-state index < -0.39 is 0 Å². The van der Waals surface area contributed by atoms with E-state index in [-0.39, 0.29) is 0 Å². The van der Waals surface area contributed by atoms with Crippen molar-refractivity contribution in [1.29, 1.82) is 0 Å². The van der Waals surface area contributed by atoms with Gasteiger partial charge in [0.25, 0.3) is 0 Å². The van der Waals surface area contributed by atoms with Crippen molar-refractivity contribution in [3.05, 3.63) is 71.1 Å². The van der Waals surface area contributed by atoms with Crippen molar-refractivity contribution in [3.8, 4) is 11.4 Å². The Morgan fingerprint density at radius 3 is 2.58 bits per heavy atom. The monoisotopic (exact) mass is 338 g/mol. The maximum absolute atomic E-state index is 6.21. The lowest BCUT2D eigenvalue weighted by Gasteiger charge is -2.04. The van der Waals surface area contributed by atoms with Crippen LogP contribution in [-0.2, 0) is 6.54 Å². The maximum atomic E-state index is 6.21. The van der Waals surface area contributed by atoms with Crippen LogP contribution in [0.5, 0.6) is 0 Å². The molecule has 4 rings (SSSR count). The van der Waals surface area contributed by atoms with Crippen LogP contribution in [-0.4, -0.2) is 14.6 Å². The lowest BCUT2D eigenvalue weighted by atomic mass is 10.2. The van der Waals surface area contributed by atoms with Crippen molar-refractivity contribution < 1.29 is 4.42 Å². The Hall–Kier alpha value is -2.79. The summed E-state index contributed by atoms with van der Waals surface area (Å²) in [6.45, 7) is 2.53. The zero-order chi connectivity index (χ0) is 16.5. The number of rotatable bonds is 4. The third-order valence-corrected chi connectivity index (χ3v) is 4.18. The Morgan fingerprint density at radius 2 is 1.83 bits per heavy atom. The summed E-state index contributed by atoms with van der Waals surface area (Å²) in [5.41, 5.74) is 2.75. The van der Waals surface area contributed by atoms with Crippen molar-refractivity contribution >= 4 is 23.1 Å². The minimum absolute atomic E-state index is 0.465. The van der Waals surface area contributed by atoms with Gasteiger partial charge in [-0.3, -0.25) is 0 Å². The molecule has 6 heteroatoms. The quantitative estimate of drug-likeness (QED) is 0.592. The SMILES string of the molecule is Cc1c(CNc2ccccc2)oc2nc(-c3ccccc3Cl)nn12.